The van der Waals surface area contributed by atoms with Crippen LogP contribution in [0.1, 0.15) is 33.6 Å². The lowest BCUT2D eigenvalue weighted by Gasteiger charge is -2.14. The molecule has 1 rings (SSSR count). The van der Waals surface area contributed by atoms with E-state index in [9.17, 15) is 0 Å². The number of aromatic nitrogens is 2. The molecule has 0 aliphatic heterocycles. The first kappa shape index (κ1) is 13.7. The fraction of sp³-hybridized carbons (Fsp3) is 0.667. The molecule has 0 saturated heterocycles. The van der Waals surface area contributed by atoms with E-state index in [2.05, 4.69) is 22.2 Å². The van der Waals surface area contributed by atoms with E-state index in [-0.39, 0.29) is 6.10 Å². The van der Waals surface area contributed by atoms with Gasteiger partial charge in [0.1, 0.15) is 0 Å². The van der Waals surface area contributed by atoms with Crippen LogP contribution in [0.3, 0.4) is 0 Å². The summed E-state index contributed by atoms with van der Waals surface area (Å²) in [5.74, 6) is 1.20. The summed E-state index contributed by atoms with van der Waals surface area (Å²) in [5, 5.41) is 3.23. The van der Waals surface area contributed by atoms with Gasteiger partial charge in [0.2, 0.25) is 11.8 Å². The molecule has 5 heteroatoms. The highest BCUT2D eigenvalue weighted by Crippen LogP contribution is 2.11. The minimum Gasteiger partial charge on any atom is -0.475 e. The SMILES string of the molecule is CC(CCCN)Nc1nccc(OC(C)C)n1. The summed E-state index contributed by atoms with van der Waals surface area (Å²) in [7, 11) is 0. The third-order valence-corrected chi connectivity index (χ3v) is 2.20. The van der Waals surface area contributed by atoms with Crippen LogP contribution >= 0.6 is 0 Å². The average Bonchev–Trinajstić information content (AvgIpc) is 2.26. The Labute approximate surface area is 103 Å². The molecule has 0 radical (unpaired) electrons. The van der Waals surface area contributed by atoms with Gasteiger partial charge >= 0.3 is 0 Å². The van der Waals surface area contributed by atoms with E-state index in [1.165, 1.54) is 0 Å². The molecule has 0 spiro atoms. The predicted molar refractivity (Wildman–Crippen MR) is 69.2 cm³/mol. The molecule has 1 unspecified atom stereocenters. The van der Waals surface area contributed by atoms with Gasteiger partial charge in [-0.15, -0.1) is 0 Å². The summed E-state index contributed by atoms with van der Waals surface area (Å²) >= 11 is 0. The van der Waals surface area contributed by atoms with Crippen LogP contribution in [0.25, 0.3) is 0 Å². The molecule has 1 aromatic rings. The van der Waals surface area contributed by atoms with Crippen LogP contribution in [0, 0.1) is 0 Å². The van der Waals surface area contributed by atoms with Gasteiger partial charge in [0, 0.05) is 18.3 Å². The van der Waals surface area contributed by atoms with E-state index < -0.39 is 0 Å². The average molecular weight is 238 g/mol. The van der Waals surface area contributed by atoms with E-state index in [4.69, 9.17) is 10.5 Å². The Kier molecular flexibility index (Phi) is 5.69. The molecule has 96 valence electrons. The van der Waals surface area contributed by atoms with Gasteiger partial charge in [-0.3, -0.25) is 0 Å². The summed E-state index contributed by atoms with van der Waals surface area (Å²) in [5.41, 5.74) is 5.47. The molecule has 0 saturated carbocycles. The smallest absolute Gasteiger partial charge is 0.226 e. The Hall–Kier alpha value is -1.36. The minimum absolute atomic E-state index is 0.118. The molecule has 3 N–H and O–H groups in total. The highest BCUT2D eigenvalue weighted by atomic mass is 16.5. The maximum Gasteiger partial charge on any atom is 0.226 e. The monoisotopic (exact) mass is 238 g/mol. The number of hydrogen-bond donors (Lipinski definition) is 2. The van der Waals surface area contributed by atoms with Gasteiger partial charge in [0.05, 0.1) is 6.10 Å². The van der Waals surface area contributed by atoms with Crippen LogP contribution < -0.4 is 15.8 Å². The molecule has 0 aromatic carbocycles. The zero-order valence-corrected chi connectivity index (χ0v) is 10.8. The van der Waals surface area contributed by atoms with Crippen LogP contribution in [-0.4, -0.2) is 28.7 Å². The Balaban J connectivity index is 2.53. The van der Waals surface area contributed by atoms with Gasteiger partial charge < -0.3 is 15.8 Å². The van der Waals surface area contributed by atoms with E-state index in [1.54, 1.807) is 12.3 Å². The van der Waals surface area contributed by atoms with Gasteiger partial charge in [-0.2, -0.15) is 4.98 Å². The van der Waals surface area contributed by atoms with Crippen molar-refractivity contribution >= 4 is 5.95 Å². The third-order valence-electron chi connectivity index (χ3n) is 2.20. The van der Waals surface area contributed by atoms with Gasteiger partial charge in [0.15, 0.2) is 0 Å². The van der Waals surface area contributed by atoms with Crippen molar-refractivity contribution in [3.05, 3.63) is 12.3 Å². The second kappa shape index (κ2) is 7.06. The van der Waals surface area contributed by atoms with Gasteiger partial charge in [-0.1, -0.05) is 0 Å². The van der Waals surface area contributed by atoms with Crippen molar-refractivity contribution in [2.24, 2.45) is 5.73 Å². The first-order chi connectivity index (χ1) is 8.11. The lowest BCUT2D eigenvalue weighted by Crippen LogP contribution is -2.18. The van der Waals surface area contributed by atoms with E-state index in [1.807, 2.05) is 13.8 Å². The van der Waals surface area contributed by atoms with E-state index >= 15 is 0 Å². The standard InChI is InChI=1S/C12H22N4O/c1-9(2)17-11-6-8-14-12(16-11)15-10(3)5-4-7-13/h6,8-10H,4-5,7,13H2,1-3H3,(H,14,15,16). The number of rotatable bonds is 7. The van der Waals surface area contributed by atoms with Crippen molar-refractivity contribution in [1.82, 2.24) is 9.97 Å². The number of nitrogens with zero attached hydrogens (tertiary/aromatic N) is 2. The molecule has 0 amide bonds. The van der Waals surface area contributed by atoms with E-state index in [0.29, 0.717) is 24.4 Å². The lowest BCUT2D eigenvalue weighted by atomic mass is 10.2. The van der Waals surface area contributed by atoms with Crippen LogP contribution in [0.2, 0.25) is 0 Å². The van der Waals surface area contributed by atoms with Crippen molar-refractivity contribution in [3.8, 4) is 5.88 Å². The van der Waals surface area contributed by atoms with Crippen LogP contribution in [0.5, 0.6) is 5.88 Å². The normalized spacial score (nSPS) is 12.5. The molecule has 0 bridgehead atoms. The van der Waals surface area contributed by atoms with Crippen molar-refractivity contribution in [1.29, 1.82) is 0 Å². The first-order valence-corrected chi connectivity index (χ1v) is 6.08. The van der Waals surface area contributed by atoms with Crippen molar-refractivity contribution < 1.29 is 4.74 Å². The van der Waals surface area contributed by atoms with E-state index in [0.717, 1.165) is 12.8 Å². The second-order valence-corrected chi connectivity index (χ2v) is 4.36. The highest BCUT2D eigenvalue weighted by Gasteiger charge is 2.05. The van der Waals surface area contributed by atoms with Crippen molar-refractivity contribution in [2.45, 2.75) is 45.8 Å². The zero-order chi connectivity index (χ0) is 12.7. The molecule has 0 aliphatic carbocycles. The summed E-state index contributed by atoms with van der Waals surface area (Å²) < 4.78 is 5.51. The van der Waals surface area contributed by atoms with Gasteiger partial charge in [0.25, 0.3) is 0 Å². The molecule has 1 aromatic heterocycles. The van der Waals surface area contributed by atoms with Crippen LogP contribution in [0.15, 0.2) is 12.3 Å². The fourth-order valence-corrected chi connectivity index (χ4v) is 1.44. The number of anilines is 1. The molecule has 0 aliphatic rings. The molecule has 17 heavy (non-hydrogen) atoms. The highest BCUT2D eigenvalue weighted by molar-refractivity contribution is 5.28. The van der Waals surface area contributed by atoms with Crippen LogP contribution in [-0.2, 0) is 0 Å². The number of nitrogens with two attached hydrogens (primary N) is 1. The first-order valence-electron chi connectivity index (χ1n) is 6.08. The second-order valence-electron chi connectivity index (χ2n) is 4.36. The quantitative estimate of drug-likeness (QED) is 0.757. The maximum absolute atomic E-state index is 5.51. The molecule has 0 fully saturated rings. The molecule has 1 heterocycles. The minimum atomic E-state index is 0.118. The maximum atomic E-state index is 5.51. The van der Waals surface area contributed by atoms with Gasteiger partial charge in [-0.05, 0) is 40.2 Å². The van der Waals surface area contributed by atoms with Gasteiger partial charge in [-0.25, -0.2) is 4.98 Å². The Morgan fingerprint density at radius 2 is 2.18 bits per heavy atom. The number of nitrogens with one attached hydrogen (secondary N) is 1. The fourth-order valence-electron chi connectivity index (χ4n) is 1.44. The number of ether oxygens (including phenoxy) is 1. The third kappa shape index (κ3) is 5.49. The summed E-state index contributed by atoms with van der Waals surface area (Å²) in [6.07, 6.45) is 3.82. The van der Waals surface area contributed by atoms with Crippen LogP contribution in [0.4, 0.5) is 5.95 Å². The largest absolute Gasteiger partial charge is 0.475 e. The molecular weight excluding hydrogens is 216 g/mol. The number of hydrogen-bond acceptors (Lipinski definition) is 5. The van der Waals surface area contributed by atoms with Crippen molar-refractivity contribution in [3.63, 3.8) is 0 Å². The zero-order valence-electron chi connectivity index (χ0n) is 10.8. The molecule has 1 atom stereocenters. The summed E-state index contributed by atoms with van der Waals surface area (Å²) in [4.78, 5) is 8.45. The van der Waals surface area contributed by atoms with Crippen molar-refractivity contribution in [2.75, 3.05) is 11.9 Å². The molecule has 5 nitrogen and oxygen atoms in total. The topological polar surface area (TPSA) is 73.1 Å². The Morgan fingerprint density at radius 3 is 2.82 bits per heavy atom. The molecular formula is C12H22N4O. The summed E-state index contributed by atoms with van der Waals surface area (Å²) in [6, 6.07) is 2.07. The lowest BCUT2D eigenvalue weighted by molar-refractivity contribution is 0.232. The summed E-state index contributed by atoms with van der Waals surface area (Å²) in [6.45, 7) is 6.75. The predicted octanol–water partition coefficient (Wildman–Crippen LogP) is 1.80. The Morgan fingerprint density at radius 1 is 1.41 bits per heavy atom. The Bertz CT molecular complexity index is 330.